The molecule has 0 N–H and O–H groups in total. The summed E-state index contributed by atoms with van der Waals surface area (Å²) in [6, 6.07) is 22.0. The second-order valence-corrected chi connectivity index (χ2v) is 7.78. The third-order valence-electron chi connectivity index (χ3n) is 5.75. The zero-order valence-electron chi connectivity index (χ0n) is 15.6. The van der Waals surface area contributed by atoms with E-state index >= 15 is 0 Å². The Labute approximate surface area is 154 Å². The molecular formula is C25H33. The molecule has 0 heterocycles. The van der Waals surface area contributed by atoms with Crippen molar-refractivity contribution >= 4 is 0 Å². The van der Waals surface area contributed by atoms with Gasteiger partial charge in [-0.3, -0.25) is 0 Å². The molecule has 0 atom stereocenters. The van der Waals surface area contributed by atoms with Crippen molar-refractivity contribution in [3.05, 3.63) is 77.7 Å². The Balaban J connectivity index is 1.49. The molecule has 0 spiro atoms. The number of aryl methyl sites for hydroxylation is 2. The van der Waals surface area contributed by atoms with Gasteiger partial charge in [0, 0.05) is 0 Å². The maximum absolute atomic E-state index is 2.28. The van der Waals surface area contributed by atoms with E-state index in [1.165, 1.54) is 81.8 Å². The Morgan fingerprint density at radius 1 is 0.680 bits per heavy atom. The molecule has 0 unspecified atom stereocenters. The maximum atomic E-state index is 2.28. The van der Waals surface area contributed by atoms with Crippen LogP contribution in [0.3, 0.4) is 0 Å². The first-order valence-electron chi connectivity index (χ1n) is 10.3. The van der Waals surface area contributed by atoms with Crippen molar-refractivity contribution in [3.8, 4) is 0 Å². The summed E-state index contributed by atoms with van der Waals surface area (Å²) in [5, 5.41) is 0. The summed E-state index contributed by atoms with van der Waals surface area (Å²) in [5.41, 5.74) is 2.98. The van der Waals surface area contributed by atoms with Crippen LogP contribution < -0.4 is 0 Å². The maximum Gasteiger partial charge on any atom is -0.0235 e. The molecule has 1 radical (unpaired) electrons. The molecule has 0 nitrogen and oxygen atoms in total. The average molecular weight is 334 g/mol. The topological polar surface area (TPSA) is 0 Å². The fraction of sp³-hybridized carbons (Fsp3) is 0.480. The minimum absolute atomic E-state index is 0.969. The zero-order valence-corrected chi connectivity index (χ0v) is 15.6. The number of rotatable bonds is 9. The lowest BCUT2D eigenvalue weighted by atomic mass is 9.79. The highest BCUT2D eigenvalue weighted by atomic mass is 14.2. The van der Waals surface area contributed by atoms with Gasteiger partial charge in [0.25, 0.3) is 0 Å². The first-order chi connectivity index (χ1) is 12.4. The van der Waals surface area contributed by atoms with Gasteiger partial charge in [0.2, 0.25) is 0 Å². The molecule has 0 saturated heterocycles. The van der Waals surface area contributed by atoms with Gasteiger partial charge in [0.05, 0.1) is 0 Å². The summed E-state index contributed by atoms with van der Waals surface area (Å²) >= 11 is 0. The van der Waals surface area contributed by atoms with Crippen molar-refractivity contribution in [1.82, 2.24) is 0 Å². The summed E-state index contributed by atoms with van der Waals surface area (Å²) in [5.74, 6) is 2.79. The summed E-state index contributed by atoms with van der Waals surface area (Å²) in [6.45, 7) is 0. The Bertz CT molecular complexity index is 566. The molecule has 0 bridgehead atoms. The lowest BCUT2D eigenvalue weighted by molar-refractivity contribution is 0.334. The van der Waals surface area contributed by atoms with Gasteiger partial charge in [-0.05, 0) is 61.5 Å². The third kappa shape index (κ3) is 6.69. The first-order valence-corrected chi connectivity index (χ1v) is 10.3. The molecule has 2 aromatic carbocycles. The minimum atomic E-state index is 0.969. The summed E-state index contributed by atoms with van der Waals surface area (Å²) in [6.07, 6.45) is 15.1. The van der Waals surface area contributed by atoms with Gasteiger partial charge < -0.3 is 0 Å². The highest BCUT2D eigenvalue weighted by Crippen LogP contribution is 2.33. The van der Waals surface area contributed by atoms with Gasteiger partial charge in [-0.15, -0.1) is 0 Å². The molecule has 133 valence electrons. The standard InChI is InChI=1S/C25H33/c1-4-11-22(12-5-1)17-10-18-25(21-24-15-8-3-9-16-24)20-19-23-13-6-2-7-14-23/h1-2,4-7,11-14,24H,3,8-10,15-21H2. The predicted octanol–water partition coefficient (Wildman–Crippen LogP) is 7.19. The van der Waals surface area contributed by atoms with Crippen molar-refractivity contribution in [2.45, 2.75) is 70.6 Å². The van der Waals surface area contributed by atoms with E-state index < -0.39 is 0 Å². The van der Waals surface area contributed by atoms with E-state index in [0.29, 0.717) is 0 Å². The second-order valence-electron chi connectivity index (χ2n) is 7.78. The molecule has 0 heteroatoms. The zero-order chi connectivity index (χ0) is 17.2. The van der Waals surface area contributed by atoms with E-state index in [0.717, 1.165) is 5.92 Å². The minimum Gasteiger partial charge on any atom is -0.0622 e. The predicted molar refractivity (Wildman–Crippen MR) is 109 cm³/mol. The van der Waals surface area contributed by atoms with Crippen LogP contribution in [0.25, 0.3) is 0 Å². The largest absolute Gasteiger partial charge is 0.0622 e. The molecule has 1 aliphatic carbocycles. The van der Waals surface area contributed by atoms with Crippen LogP contribution >= 0.6 is 0 Å². The number of hydrogen-bond acceptors (Lipinski definition) is 0. The molecule has 1 saturated carbocycles. The van der Waals surface area contributed by atoms with Gasteiger partial charge in [-0.25, -0.2) is 0 Å². The van der Waals surface area contributed by atoms with Crippen molar-refractivity contribution in [3.63, 3.8) is 0 Å². The summed E-state index contributed by atoms with van der Waals surface area (Å²) < 4.78 is 0. The Hall–Kier alpha value is -1.56. The summed E-state index contributed by atoms with van der Waals surface area (Å²) in [4.78, 5) is 0. The van der Waals surface area contributed by atoms with Gasteiger partial charge in [-0.2, -0.15) is 0 Å². The first kappa shape index (κ1) is 18.2. The third-order valence-corrected chi connectivity index (χ3v) is 5.75. The molecule has 25 heavy (non-hydrogen) atoms. The number of hydrogen-bond donors (Lipinski definition) is 0. The van der Waals surface area contributed by atoms with Crippen LogP contribution in [0.15, 0.2) is 60.7 Å². The van der Waals surface area contributed by atoms with E-state index in [1.807, 2.05) is 5.92 Å². The fourth-order valence-corrected chi connectivity index (χ4v) is 4.28. The van der Waals surface area contributed by atoms with Crippen molar-refractivity contribution in [2.75, 3.05) is 0 Å². The number of benzene rings is 2. The molecule has 0 amide bonds. The fourth-order valence-electron chi connectivity index (χ4n) is 4.28. The van der Waals surface area contributed by atoms with Crippen LogP contribution in [0.4, 0.5) is 0 Å². The molecule has 3 rings (SSSR count). The molecular weight excluding hydrogens is 300 g/mol. The Morgan fingerprint density at radius 2 is 1.28 bits per heavy atom. The average Bonchev–Trinajstić information content (AvgIpc) is 2.68. The second kappa shape index (κ2) is 10.4. The van der Waals surface area contributed by atoms with Crippen molar-refractivity contribution in [1.29, 1.82) is 0 Å². The Morgan fingerprint density at radius 3 is 1.92 bits per heavy atom. The molecule has 0 aromatic heterocycles. The molecule has 1 aliphatic rings. The molecule has 0 aliphatic heterocycles. The lowest BCUT2D eigenvalue weighted by Gasteiger charge is -2.26. The van der Waals surface area contributed by atoms with Crippen LogP contribution in [-0.2, 0) is 12.8 Å². The van der Waals surface area contributed by atoms with E-state index in [4.69, 9.17) is 0 Å². The highest BCUT2D eigenvalue weighted by Gasteiger charge is 2.19. The van der Waals surface area contributed by atoms with Crippen molar-refractivity contribution < 1.29 is 0 Å². The SMILES string of the molecule is c1ccc(CCC[C](CCc2ccccc2)CC2CCCCC2)cc1. The van der Waals surface area contributed by atoms with Crippen molar-refractivity contribution in [2.24, 2.45) is 5.92 Å². The van der Waals surface area contributed by atoms with Crippen LogP contribution in [-0.4, -0.2) is 0 Å². The van der Waals surface area contributed by atoms with E-state index in [-0.39, 0.29) is 0 Å². The van der Waals surface area contributed by atoms with Crippen LogP contribution in [0, 0.1) is 11.8 Å². The van der Waals surface area contributed by atoms with Gasteiger partial charge in [-0.1, -0.05) is 92.8 Å². The molecule has 2 aromatic rings. The Kier molecular flexibility index (Phi) is 7.61. The van der Waals surface area contributed by atoms with E-state index in [2.05, 4.69) is 60.7 Å². The van der Waals surface area contributed by atoms with Crippen LogP contribution in [0.2, 0.25) is 0 Å². The quantitative estimate of drug-likeness (QED) is 0.455. The summed E-state index contributed by atoms with van der Waals surface area (Å²) in [7, 11) is 0. The molecule has 1 fully saturated rings. The van der Waals surface area contributed by atoms with Crippen LogP contribution in [0.5, 0.6) is 0 Å². The van der Waals surface area contributed by atoms with E-state index in [9.17, 15) is 0 Å². The van der Waals surface area contributed by atoms with Gasteiger partial charge in [0.1, 0.15) is 0 Å². The highest BCUT2D eigenvalue weighted by molar-refractivity contribution is 5.16. The van der Waals surface area contributed by atoms with Gasteiger partial charge >= 0.3 is 0 Å². The monoisotopic (exact) mass is 333 g/mol. The van der Waals surface area contributed by atoms with Gasteiger partial charge in [0.15, 0.2) is 0 Å². The van der Waals surface area contributed by atoms with Crippen LogP contribution in [0.1, 0.15) is 68.9 Å². The smallest absolute Gasteiger partial charge is 0.0235 e. The van der Waals surface area contributed by atoms with E-state index in [1.54, 1.807) is 0 Å². The normalized spacial score (nSPS) is 15.6. The lowest BCUT2D eigenvalue weighted by Crippen LogP contribution is -2.12.